The number of hydrogen-bond acceptors (Lipinski definition) is 4. The van der Waals surface area contributed by atoms with Gasteiger partial charge in [-0.3, -0.25) is 14.9 Å². The molecule has 1 aromatic rings. The second-order valence-corrected chi connectivity index (χ2v) is 4.14. The van der Waals surface area contributed by atoms with Crippen LogP contribution in [0.25, 0.3) is 0 Å². The van der Waals surface area contributed by atoms with E-state index in [2.05, 4.69) is 10.3 Å². The number of carbonyl (C=O) groups is 2. The highest BCUT2D eigenvalue weighted by atomic mass is 32.1. The molecule has 0 saturated carbocycles. The zero-order valence-corrected chi connectivity index (χ0v) is 8.50. The van der Waals surface area contributed by atoms with E-state index in [1.165, 1.54) is 11.3 Å². The lowest BCUT2D eigenvalue weighted by Crippen LogP contribution is -2.43. The van der Waals surface area contributed by atoms with Crippen molar-refractivity contribution in [1.82, 2.24) is 10.3 Å². The molecule has 1 aliphatic rings. The van der Waals surface area contributed by atoms with E-state index in [1.807, 2.05) is 12.3 Å². The van der Waals surface area contributed by atoms with Gasteiger partial charge in [0.2, 0.25) is 11.8 Å². The van der Waals surface area contributed by atoms with Crippen LogP contribution in [-0.2, 0) is 9.59 Å². The quantitative estimate of drug-likeness (QED) is 0.701. The van der Waals surface area contributed by atoms with E-state index in [1.54, 1.807) is 5.51 Å². The number of nitrogens with one attached hydrogen (secondary N) is 1. The topological polar surface area (TPSA) is 59.1 Å². The number of aromatic nitrogens is 1. The molecular formula is C9H10N2O2S. The summed E-state index contributed by atoms with van der Waals surface area (Å²) in [6, 6.07) is 0. The molecule has 14 heavy (non-hydrogen) atoms. The number of rotatable bonds is 1. The maximum absolute atomic E-state index is 11.4. The number of hydrogen-bond donors (Lipinski definition) is 1. The highest BCUT2D eigenvalue weighted by Crippen LogP contribution is 2.30. The summed E-state index contributed by atoms with van der Waals surface area (Å²) in [4.78, 5) is 26.7. The van der Waals surface area contributed by atoms with Crippen LogP contribution in [0.4, 0.5) is 0 Å². The van der Waals surface area contributed by atoms with Gasteiger partial charge in [0, 0.05) is 23.6 Å². The first-order valence-electron chi connectivity index (χ1n) is 4.40. The fraction of sp³-hybridized carbons (Fsp3) is 0.444. The van der Waals surface area contributed by atoms with Crippen molar-refractivity contribution in [2.75, 3.05) is 0 Å². The van der Waals surface area contributed by atoms with Crippen molar-refractivity contribution < 1.29 is 9.59 Å². The lowest BCUT2D eigenvalue weighted by atomic mass is 9.85. The van der Waals surface area contributed by atoms with Gasteiger partial charge in [0.05, 0.1) is 11.2 Å². The molecule has 4 nitrogen and oxygen atoms in total. The van der Waals surface area contributed by atoms with Crippen molar-refractivity contribution in [2.45, 2.75) is 19.3 Å². The second-order valence-electron chi connectivity index (χ2n) is 3.43. The van der Waals surface area contributed by atoms with Gasteiger partial charge in [-0.15, -0.1) is 11.3 Å². The number of imide groups is 1. The van der Waals surface area contributed by atoms with E-state index in [0.29, 0.717) is 6.42 Å². The zero-order valence-electron chi connectivity index (χ0n) is 7.69. The van der Waals surface area contributed by atoms with Crippen LogP contribution in [0.15, 0.2) is 10.9 Å². The fourth-order valence-corrected chi connectivity index (χ4v) is 2.25. The standard InChI is InChI=1S/C9H10N2O2S/c1-5-6(7-3-14-4-10-7)2-8(12)11-9(5)13/h3-6H,2H2,1H3,(H,11,12,13). The first-order chi connectivity index (χ1) is 6.68. The summed E-state index contributed by atoms with van der Waals surface area (Å²) in [5.41, 5.74) is 2.57. The minimum absolute atomic E-state index is 0.0532. The summed E-state index contributed by atoms with van der Waals surface area (Å²) in [5, 5.41) is 4.21. The van der Waals surface area contributed by atoms with Crippen LogP contribution in [0.1, 0.15) is 25.0 Å². The maximum atomic E-state index is 11.4. The number of carbonyl (C=O) groups excluding carboxylic acids is 2. The van der Waals surface area contributed by atoms with Gasteiger partial charge < -0.3 is 0 Å². The Morgan fingerprint density at radius 3 is 3.00 bits per heavy atom. The summed E-state index contributed by atoms with van der Waals surface area (Å²) in [6.07, 6.45) is 0.358. The van der Waals surface area contributed by atoms with Gasteiger partial charge in [-0.1, -0.05) is 6.92 Å². The van der Waals surface area contributed by atoms with Crippen LogP contribution in [-0.4, -0.2) is 16.8 Å². The first-order valence-corrected chi connectivity index (χ1v) is 5.34. The highest BCUT2D eigenvalue weighted by Gasteiger charge is 2.34. The molecule has 2 atom stereocenters. The van der Waals surface area contributed by atoms with Crippen molar-refractivity contribution in [2.24, 2.45) is 5.92 Å². The van der Waals surface area contributed by atoms with E-state index in [4.69, 9.17) is 0 Å². The summed E-state index contributed by atoms with van der Waals surface area (Å²) in [5.74, 6) is -0.623. The van der Waals surface area contributed by atoms with Crippen molar-refractivity contribution in [3.05, 3.63) is 16.6 Å². The van der Waals surface area contributed by atoms with Gasteiger partial charge in [-0.2, -0.15) is 0 Å². The number of piperidine rings is 1. The predicted molar refractivity (Wildman–Crippen MR) is 51.8 cm³/mol. The molecule has 1 aromatic heterocycles. The average molecular weight is 210 g/mol. The molecule has 0 radical (unpaired) electrons. The van der Waals surface area contributed by atoms with Crippen LogP contribution in [0.2, 0.25) is 0 Å². The minimum atomic E-state index is -0.203. The third-order valence-corrected chi connectivity index (χ3v) is 3.12. The molecular weight excluding hydrogens is 200 g/mol. The Balaban J connectivity index is 2.26. The van der Waals surface area contributed by atoms with E-state index < -0.39 is 0 Å². The number of nitrogens with zero attached hydrogens (tertiary/aromatic N) is 1. The van der Waals surface area contributed by atoms with Crippen LogP contribution >= 0.6 is 11.3 Å². The Morgan fingerprint density at radius 1 is 1.57 bits per heavy atom. The molecule has 0 spiro atoms. The minimum Gasteiger partial charge on any atom is -0.296 e. The van der Waals surface area contributed by atoms with E-state index in [0.717, 1.165) is 5.69 Å². The van der Waals surface area contributed by atoms with Gasteiger partial charge in [-0.25, -0.2) is 4.98 Å². The molecule has 2 rings (SSSR count). The van der Waals surface area contributed by atoms with Crippen molar-refractivity contribution >= 4 is 23.2 Å². The zero-order chi connectivity index (χ0) is 10.1. The molecule has 1 fully saturated rings. The second kappa shape index (κ2) is 3.49. The molecule has 1 saturated heterocycles. The third-order valence-electron chi connectivity index (χ3n) is 2.52. The molecule has 1 aliphatic heterocycles. The smallest absolute Gasteiger partial charge is 0.230 e. The predicted octanol–water partition coefficient (Wildman–Crippen LogP) is 0.909. The van der Waals surface area contributed by atoms with Crippen LogP contribution in [0.5, 0.6) is 0 Å². The summed E-state index contributed by atoms with van der Waals surface area (Å²) < 4.78 is 0. The Labute approximate surface area is 85.3 Å². The lowest BCUT2D eigenvalue weighted by molar-refractivity contribution is -0.136. The summed E-state index contributed by atoms with van der Waals surface area (Å²) >= 11 is 1.48. The SMILES string of the molecule is CC1C(=O)NC(=O)CC1c1cscn1. The Kier molecular flexibility index (Phi) is 2.33. The monoisotopic (exact) mass is 210 g/mol. The lowest BCUT2D eigenvalue weighted by Gasteiger charge is -2.25. The van der Waals surface area contributed by atoms with Crippen LogP contribution in [0, 0.1) is 5.92 Å². The molecule has 5 heteroatoms. The van der Waals surface area contributed by atoms with E-state index in [9.17, 15) is 9.59 Å². The number of amides is 2. The molecule has 2 amide bonds. The van der Waals surface area contributed by atoms with Crippen molar-refractivity contribution in [3.63, 3.8) is 0 Å². The molecule has 0 aromatic carbocycles. The van der Waals surface area contributed by atoms with E-state index in [-0.39, 0.29) is 23.7 Å². The Hall–Kier alpha value is -1.23. The maximum Gasteiger partial charge on any atom is 0.230 e. The van der Waals surface area contributed by atoms with Crippen molar-refractivity contribution in [3.8, 4) is 0 Å². The molecule has 2 unspecified atom stereocenters. The molecule has 0 aliphatic carbocycles. The summed E-state index contributed by atoms with van der Waals surface area (Å²) in [6.45, 7) is 1.83. The van der Waals surface area contributed by atoms with Gasteiger partial charge in [0.15, 0.2) is 0 Å². The van der Waals surface area contributed by atoms with Crippen molar-refractivity contribution in [1.29, 1.82) is 0 Å². The van der Waals surface area contributed by atoms with Gasteiger partial charge in [0.1, 0.15) is 0 Å². The average Bonchev–Trinajstić information content (AvgIpc) is 2.63. The highest BCUT2D eigenvalue weighted by molar-refractivity contribution is 7.07. The van der Waals surface area contributed by atoms with Gasteiger partial charge in [-0.05, 0) is 0 Å². The molecule has 1 N–H and O–H groups in total. The fourth-order valence-electron chi connectivity index (χ4n) is 1.63. The molecule has 2 heterocycles. The largest absolute Gasteiger partial charge is 0.296 e. The van der Waals surface area contributed by atoms with Crippen LogP contribution < -0.4 is 5.32 Å². The Morgan fingerprint density at radius 2 is 2.36 bits per heavy atom. The molecule has 74 valence electrons. The first kappa shape index (κ1) is 9.33. The van der Waals surface area contributed by atoms with Gasteiger partial charge >= 0.3 is 0 Å². The normalized spacial score (nSPS) is 27.5. The number of thiazole rings is 1. The third kappa shape index (κ3) is 1.55. The molecule has 0 bridgehead atoms. The van der Waals surface area contributed by atoms with Crippen LogP contribution in [0.3, 0.4) is 0 Å². The van der Waals surface area contributed by atoms with E-state index >= 15 is 0 Å². The summed E-state index contributed by atoms with van der Waals surface area (Å²) in [7, 11) is 0. The van der Waals surface area contributed by atoms with Gasteiger partial charge in [0.25, 0.3) is 0 Å². The Bertz CT molecular complexity index is 361.